The Morgan fingerprint density at radius 1 is 1.53 bits per heavy atom. The number of nitrogens with zero attached hydrogens (tertiary/aromatic N) is 1. The van der Waals surface area contributed by atoms with Crippen LogP contribution in [0.1, 0.15) is 10.4 Å². The van der Waals surface area contributed by atoms with Crippen molar-refractivity contribution in [3.05, 3.63) is 39.2 Å². The fourth-order valence-electron chi connectivity index (χ4n) is 1.45. The maximum absolute atomic E-state index is 13.5. The van der Waals surface area contributed by atoms with Gasteiger partial charge in [-0.3, -0.25) is 4.98 Å². The molecule has 1 aromatic carbocycles. The van der Waals surface area contributed by atoms with Gasteiger partial charge >= 0.3 is 5.97 Å². The first-order chi connectivity index (χ1) is 8.06. The van der Waals surface area contributed by atoms with E-state index in [1.54, 1.807) is 0 Å². The second kappa shape index (κ2) is 4.58. The molecule has 0 saturated carbocycles. The van der Waals surface area contributed by atoms with Crippen LogP contribution >= 0.6 is 27.5 Å². The number of ether oxygens (including phenoxy) is 1. The summed E-state index contributed by atoms with van der Waals surface area (Å²) in [7, 11) is 1.26. The molecular formula is C11H6BrClFNO2. The number of hydrogen-bond donors (Lipinski definition) is 0. The second-order valence-corrected chi connectivity index (χ2v) is 4.43. The highest BCUT2D eigenvalue weighted by Crippen LogP contribution is 2.33. The average Bonchev–Trinajstić information content (AvgIpc) is 2.33. The largest absolute Gasteiger partial charge is 0.465 e. The van der Waals surface area contributed by atoms with Crippen molar-refractivity contribution in [2.75, 3.05) is 7.11 Å². The molecule has 17 heavy (non-hydrogen) atoms. The summed E-state index contributed by atoms with van der Waals surface area (Å²) >= 11 is 9.18. The number of methoxy groups -OCH3 is 1. The molecule has 2 rings (SSSR count). The third-order valence-corrected chi connectivity index (χ3v) is 3.40. The lowest BCUT2D eigenvalue weighted by atomic mass is 10.1. The molecule has 0 aliphatic heterocycles. The van der Waals surface area contributed by atoms with Gasteiger partial charge < -0.3 is 4.74 Å². The van der Waals surface area contributed by atoms with Crippen LogP contribution < -0.4 is 0 Å². The number of esters is 1. The van der Waals surface area contributed by atoms with E-state index in [1.165, 1.54) is 25.4 Å². The van der Waals surface area contributed by atoms with E-state index in [4.69, 9.17) is 11.6 Å². The zero-order valence-electron chi connectivity index (χ0n) is 8.63. The van der Waals surface area contributed by atoms with Crippen molar-refractivity contribution in [2.45, 2.75) is 0 Å². The van der Waals surface area contributed by atoms with Gasteiger partial charge in [0.15, 0.2) is 0 Å². The molecule has 0 radical (unpaired) electrons. The lowest BCUT2D eigenvalue weighted by Gasteiger charge is -2.07. The van der Waals surface area contributed by atoms with Crippen LogP contribution in [0.4, 0.5) is 4.39 Å². The van der Waals surface area contributed by atoms with Crippen molar-refractivity contribution in [2.24, 2.45) is 0 Å². The number of fused-ring (bicyclic) bond motifs is 1. The first kappa shape index (κ1) is 12.3. The molecule has 0 fully saturated rings. The van der Waals surface area contributed by atoms with E-state index >= 15 is 0 Å². The third-order valence-electron chi connectivity index (χ3n) is 2.26. The zero-order valence-corrected chi connectivity index (χ0v) is 11.0. The maximum Gasteiger partial charge on any atom is 0.340 e. The molecule has 0 saturated heterocycles. The Morgan fingerprint density at radius 2 is 2.24 bits per heavy atom. The van der Waals surface area contributed by atoms with E-state index in [0.717, 1.165) is 0 Å². The van der Waals surface area contributed by atoms with Gasteiger partial charge in [-0.15, -0.1) is 0 Å². The Hall–Kier alpha value is -1.20. The number of carbonyl (C=O) groups excluding carboxylic acids is 1. The van der Waals surface area contributed by atoms with E-state index in [1.807, 2.05) is 0 Å². The topological polar surface area (TPSA) is 39.2 Å². The van der Waals surface area contributed by atoms with Gasteiger partial charge in [0.05, 0.1) is 17.7 Å². The van der Waals surface area contributed by atoms with Crippen LogP contribution in [0.2, 0.25) is 5.02 Å². The Morgan fingerprint density at radius 3 is 2.88 bits per heavy atom. The second-order valence-electron chi connectivity index (χ2n) is 3.23. The molecule has 0 bridgehead atoms. The van der Waals surface area contributed by atoms with E-state index in [2.05, 4.69) is 25.7 Å². The zero-order chi connectivity index (χ0) is 12.6. The normalized spacial score (nSPS) is 10.6. The van der Waals surface area contributed by atoms with Crippen LogP contribution in [0, 0.1) is 5.82 Å². The monoisotopic (exact) mass is 317 g/mol. The van der Waals surface area contributed by atoms with Gasteiger partial charge in [-0.2, -0.15) is 0 Å². The average molecular weight is 319 g/mol. The fraction of sp³-hybridized carbons (Fsp3) is 0.0909. The van der Waals surface area contributed by atoms with Gasteiger partial charge in [0.2, 0.25) is 0 Å². The first-order valence-electron chi connectivity index (χ1n) is 4.56. The minimum Gasteiger partial charge on any atom is -0.465 e. The summed E-state index contributed by atoms with van der Waals surface area (Å²) in [5, 5.41) is 0.668. The maximum atomic E-state index is 13.5. The number of hydrogen-bond acceptors (Lipinski definition) is 3. The Kier molecular flexibility index (Phi) is 3.31. The quantitative estimate of drug-likeness (QED) is 0.755. The number of aromatic nitrogens is 1. The number of pyridine rings is 1. The molecule has 6 heteroatoms. The molecule has 0 spiro atoms. The molecule has 0 N–H and O–H groups in total. The minimum absolute atomic E-state index is 0.108. The molecule has 0 unspecified atom stereocenters. The molecule has 0 amide bonds. The highest BCUT2D eigenvalue weighted by atomic mass is 79.9. The van der Waals surface area contributed by atoms with Crippen LogP contribution in [0.15, 0.2) is 22.8 Å². The smallest absolute Gasteiger partial charge is 0.340 e. The summed E-state index contributed by atoms with van der Waals surface area (Å²) in [6, 6.07) is 2.63. The van der Waals surface area contributed by atoms with E-state index in [9.17, 15) is 9.18 Å². The molecule has 3 nitrogen and oxygen atoms in total. The number of carbonyl (C=O) groups is 1. The SMILES string of the molecule is COC(=O)c1cnc2c(F)ccc(Cl)c2c1Br. The highest BCUT2D eigenvalue weighted by Gasteiger charge is 2.17. The lowest BCUT2D eigenvalue weighted by Crippen LogP contribution is -2.04. The van der Waals surface area contributed by atoms with Crippen molar-refractivity contribution < 1.29 is 13.9 Å². The van der Waals surface area contributed by atoms with Crippen molar-refractivity contribution in [1.29, 1.82) is 0 Å². The number of benzene rings is 1. The first-order valence-corrected chi connectivity index (χ1v) is 5.74. The molecular weight excluding hydrogens is 312 g/mol. The molecule has 0 atom stereocenters. The van der Waals surface area contributed by atoms with E-state index in [-0.39, 0.29) is 11.1 Å². The fourth-order valence-corrected chi connectivity index (χ4v) is 2.48. The number of rotatable bonds is 1. The molecule has 1 aromatic heterocycles. The van der Waals surface area contributed by atoms with Gasteiger partial charge in [0.1, 0.15) is 11.3 Å². The van der Waals surface area contributed by atoms with Gasteiger partial charge in [-0.1, -0.05) is 11.6 Å². The van der Waals surface area contributed by atoms with Gasteiger partial charge in [0, 0.05) is 16.1 Å². The van der Waals surface area contributed by atoms with Crippen molar-refractivity contribution in [3.8, 4) is 0 Å². The standard InChI is InChI=1S/C11H6BrClFNO2/c1-17-11(16)5-4-15-10-7(14)3-2-6(13)8(10)9(5)12/h2-4H,1H3. The Balaban J connectivity index is 2.84. The van der Waals surface area contributed by atoms with Gasteiger partial charge in [-0.25, -0.2) is 9.18 Å². The van der Waals surface area contributed by atoms with Crippen LogP contribution in [-0.2, 0) is 4.74 Å². The summed E-state index contributed by atoms with van der Waals surface area (Å²) < 4.78 is 18.5. The molecule has 0 aliphatic carbocycles. The lowest BCUT2D eigenvalue weighted by molar-refractivity contribution is 0.0599. The summed E-state index contributed by atoms with van der Waals surface area (Å²) in [5.41, 5.74) is 0.310. The summed E-state index contributed by atoms with van der Waals surface area (Å²) in [6.45, 7) is 0. The molecule has 0 aliphatic rings. The molecule has 1 heterocycles. The summed E-state index contributed by atoms with van der Waals surface area (Å²) in [6.07, 6.45) is 1.25. The van der Waals surface area contributed by atoms with Crippen LogP contribution in [0.3, 0.4) is 0 Å². The van der Waals surface area contributed by atoms with Crippen molar-refractivity contribution >= 4 is 44.4 Å². The van der Waals surface area contributed by atoms with Crippen LogP contribution in [0.25, 0.3) is 10.9 Å². The van der Waals surface area contributed by atoms with Crippen molar-refractivity contribution in [1.82, 2.24) is 4.98 Å². The Bertz CT molecular complexity index is 618. The van der Waals surface area contributed by atoms with E-state index in [0.29, 0.717) is 14.9 Å². The third kappa shape index (κ3) is 2.00. The minimum atomic E-state index is -0.563. The summed E-state index contributed by atoms with van der Waals surface area (Å²) in [5.74, 6) is -1.06. The van der Waals surface area contributed by atoms with E-state index < -0.39 is 11.8 Å². The van der Waals surface area contributed by atoms with Crippen LogP contribution in [-0.4, -0.2) is 18.1 Å². The predicted molar refractivity (Wildman–Crippen MR) is 65.8 cm³/mol. The predicted octanol–water partition coefficient (Wildman–Crippen LogP) is 3.58. The summed E-state index contributed by atoms with van der Waals surface area (Å²) in [4.78, 5) is 15.3. The van der Waals surface area contributed by atoms with Crippen LogP contribution in [0.5, 0.6) is 0 Å². The van der Waals surface area contributed by atoms with Gasteiger partial charge in [0.25, 0.3) is 0 Å². The molecule has 2 aromatic rings. The Labute approximate surface area is 110 Å². The number of halogens is 3. The molecule has 88 valence electrons. The highest BCUT2D eigenvalue weighted by molar-refractivity contribution is 9.10. The van der Waals surface area contributed by atoms with Crippen molar-refractivity contribution in [3.63, 3.8) is 0 Å². The van der Waals surface area contributed by atoms with Gasteiger partial charge in [-0.05, 0) is 28.1 Å².